The number of nitrogens with zero attached hydrogens (tertiary/aromatic N) is 2. The Kier molecular flexibility index (Phi) is 4.16. The van der Waals surface area contributed by atoms with Crippen molar-refractivity contribution in [1.29, 1.82) is 0 Å². The van der Waals surface area contributed by atoms with Gasteiger partial charge in [0.15, 0.2) is 9.84 Å². The molecule has 0 radical (unpaired) electrons. The van der Waals surface area contributed by atoms with E-state index in [1.807, 2.05) is 20.8 Å². The molecular formula is C14H23N3O2S. The minimum Gasteiger partial charge on any atom is -0.316 e. The molecule has 0 bridgehead atoms. The lowest BCUT2D eigenvalue weighted by Crippen LogP contribution is -2.30. The molecular weight excluding hydrogens is 274 g/mol. The lowest BCUT2D eigenvalue weighted by atomic mass is 9.93. The van der Waals surface area contributed by atoms with Crippen molar-refractivity contribution < 1.29 is 8.42 Å². The first-order chi connectivity index (χ1) is 9.19. The van der Waals surface area contributed by atoms with Crippen LogP contribution in [-0.2, 0) is 15.3 Å². The Labute approximate surface area is 121 Å². The molecule has 1 fully saturated rings. The Balaban J connectivity index is 2.53. The van der Waals surface area contributed by atoms with Gasteiger partial charge in [-0.3, -0.25) is 0 Å². The first kappa shape index (κ1) is 15.4. The van der Waals surface area contributed by atoms with Crippen LogP contribution in [0.1, 0.15) is 51.0 Å². The van der Waals surface area contributed by atoms with Crippen LogP contribution in [0.25, 0.3) is 0 Å². The summed E-state index contributed by atoms with van der Waals surface area (Å²) >= 11 is 0. The van der Waals surface area contributed by atoms with E-state index in [2.05, 4.69) is 15.3 Å². The predicted octanol–water partition coefficient (Wildman–Crippen LogP) is 1.64. The number of rotatable bonds is 2. The van der Waals surface area contributed by atoms with E-state index in [0.717, 1.165) is 25.9 Å². The van der Waals surface area contributed by atoms with E-state index in [-0.39, 0.29) is 16.2 Å². The van der Waals surface area contributed by atoms with Gasteiger partial charge in [0.1, 0.15) is 10.7 Å². The van der Waals surface area contributed by atoms with Crippen LogP contribution in [0, 0.1) is 0 Å². The lowest BCUT2D eigenvalue weighted by molar-refractivity contribution is 0.440. The molecule has 0 amide bonds. The van der Waals surface area contributed by atoms with Gasteiger partial charge in [0.05, 0.1) is 5.69 Å². The summed E-state index contributed by atoms with van der Waals surface area (Å²) < 4.78 is 23.9. The highest BCUT2D eigenvalue weighted by Gasteiger charge is 2.27. The van der Waals surface area contributed by atoms with Crippen molar-refractivity contribution in [3.8, 4) is 0 Å². The Bertz CT molecular complexity index is 585. The minimum atomic E-state index is -3.30. The van der Waals surface area contributed by atoms with E-state index in [1.165, 1.54) is 12.5 Å². The molecule has 1 aromatic heterocycles. The molecule has 2 heterocycles. The van der Waals surface area contributed by atoms with Crippen molar-refractivity contribution in [2.24, 2.45) is 0 Å². The van der Waals surface area contributed by atoms with Crippen LogP contribution < -0.4 is 5.32 Å². The summed E-state index contributed by atoms with van der Waals surface area (Å²) in [5.41, 5.74) is 0.493. The quantitative estimate of drug-likeness (QED) is 0.898. The molecule has 5 nitrogen and oxygen atoms in total. The van der Waals surface area contributed by atoms with Gasteiger partial charge in [-0.15, -0.1) is 0 Å². The number of hydrogen-bond acceptors (Lipinski definition) is 5. The van der Waals surface area contributed by atoms with Crippen LogP contribution in [0.15, 0.2) is 11.1 Å². The van der Waals surface area contributed by atoms with Crippen LogP contribution in [0.3, 0.4) is 0 Å². The van der Waals surface area contributed by atoms with Crippen LogP contribution >= 0.6 is 0 Å². The van der Waals surface area contributed by atoms with Crippen LogP contribution in [0.4, 0.5) is 0 Å². The van der Waals surface area contributed by atoms with E-state index in [1.54, 1.807) is 0 Å². The fourth-order valence-electron chi connectivity index (χ4n) is 2.41. The number of aromatic nitrogens is 2. The Morgan fingerprint density at radius 1 is 1.35 bits per heavy atom. The maximum atomic E-state index is 12.0. The third kappa shape index (κ3) is 3.35. The van der Waals surface area contributed by atoms with Crippen molar-refractivity contribution in [2.45, 2.75) is 49.8 Å². The lowest BCUT2D eigenvalue weighted by Gasteiger charge is -2.25. The Morgan fingerprint density at radius 3 is 2.55 bits per heavy atom. The van der Waals surface area contributed by atoms with Crippen LogP contribution in [0.5, 0.6) is 0 Å². The van der Waals surface area contributed by atoms with Gasteiger partial charge in [-0.2, -0.15) is 0 Å². The number of sulfone groups is 1. The zero-order valence-corrected chi connectivity index (χ0v) is 13.4. The molecule has 1 aliphatic rings. The molecule has 1 N–H and O–H groups in total. The van der Waals surface area contributed by atoms with E-state index in [0.29, 0.717) is 11.5 Å². The van der Waals surface area contributed by atoms with Gasteiger partial charge in [0.2, 0.25) is 0 Å². The SMILES string of the molecule is CC(C)(C)c1ncc(S(C)(=O)=O)c([C@H]2CCCNC2)n1. The van der Waals surface area contributed by atoms with E-state index >= 15 is 0 Å². The van der Waals surface area contributed by atoms with Gasteiger partial charge < -0.3 is 5.32 Å². The topological polar surface area (TPSA) is 72.0 Å². The van der Waals surface area contributed by atoms with Crippen molar-refractivity contribution >= 4 is 9.84 Å². The summed E-state index contributed by atoms with van der Waals surface area (Å²) in [7, 11) is -3.30. The molecule has 0 aliphatic carbocycles. The zero-order chi connectivity index (χ0) is 15.0. The van der Waals surface area contributed by atoms with Gasteiger partial charge in [-0.25, -0.2) is 18.4 Å². The molecule has 112 valence electrons. The molecule has 1 saturated heterocycles. The maximum Gasteiger partial charge on any atom is 0.178 e. The van der Waals surface area contributed by atoms with Crippen molar-refractivity contribution in [2.75, 3.05) is 19.3 Å². The van der Waals surface area contributed by atoms with Crippen molar-refractivity contribution in [3.05, 3.63) is 17.7 Å². The summed E-state index contributed by atoms with van der Waals surface area (Å²) in [5.74, 6) is 0.850. The third-order valence-electron chi connectivity index (χ3n) is 3.54. The molecule has 0 saturated carbocycles. The second kappa shape index (κ2) is 5.41. The van der Waals surface area contributed by atoms with Crippen LogP contribution in [-0.4, -0.2) is 37.7 Å². The maximum absolute atomic E-state index is 12.0. The monoisotopic (exact) mass is 297 g/mol. The number of hydrogen-bond donors (Lipinski definition) is 1. The Morgan fingerprint density at radius 2 is 2.05 bits per heavy atom. The first-order valence-electron chi connectivity index (χ1n) is 6.98. The molecule has 20 heavy (non-hydrogen) atoms. The highest BCUT2D eigenvalue weighted by molar-refractivity contribution is 7.90. The fraction of sp³-hybridized carbons (Fsp3) is 0.714. The third-order valence-corrected chi connectivity index (χ3v) is 4.65. The summed E-state index contributed by atoms with van der Waals surface area (Å²) in [6, 6.07) is 0. The molecule has 0 spiro atoms. The van der Waals surface area contributed by atoms with Gasteiger partial charge in [0, 0.05) is 30.3 Å². The highest BCUT2D eigenvalue weighted by Crippen LogP contribution is 2.29. The number of piperidine rings is 1. The summed E-state index contributed by atoms with van der Waals surface area (Å²) in [4.78, 5) is 9.14. The van der Waals surface area contributed by atoms with Crippen molar-refractivity contribution in [3.63, 3.8) is 0 Å². The Hall–Kier alpha value is -1.01. The second-order valence-corrected chi connectivity index (χ2v) is 8.49. The molecule has 0 unspecified atom stereocenters. The molecule has 6 heteroatoms. The fourth-order valence-corrected chi connectivity index (χ4v) is 3.25. The zero-order valence-electron chi connectivity index (χ0n) is 12.6. The molecule has 1 aliphatic heterocycles. The van der Waals surface area contributed by atoms with Gasteiger partial charge in [-0.1, -0.05) is 20.8 Å². The minimum absolute atomic E-state index is 0.151. The van der Waals surface area contributed by atoms with E-state index in [9.17, 15) is 8.42 Å². The molecule has 2 rings (SSSR count). The largest absolute Gasteiger partial charge is 0.316 e. The molecule has 0 aromatic carbocycles. The summed E-state index contributed by atoms with van der Waals surface area (Å²) in [5, 5.41) is 3.31. The van der Waals surface area contributed by atoms with Crippen LogP contribution in [0.2, 0.25) is 0 Å². The predicted molar refractivity (Wildman–Crippen MR) is 78.7 cm³/mol. The second-order valence-electron chi connectivity index (χ2n) is 6.51. The summed E-state index contributed by atoms with van der Waals surface area (Å²) in [6.07, 6.45) is 4.72. The average Bonchev–Trinajstić information content (AvgIpc) is 2.37. The average molecular weight is 297 g/mol. The van der Waals surface area contributed by atoms with Crippen molar-refractivity contribution in [1.82, 2.24) is 15.3 Å². The van der Waals surface area contributed by atoms with Gasteiger partial charge >= 0.3 is 0 Å². The van der Waals surface area contributed by atoms with Gasteiger partial charge in [-0.05, 0) is 19.4 Å². The van der Waals surface area contributed by atoms with E-state index in [4.69, 9.17) is 0 Å². The standard InChI is InChI=1S/C14H23N3O2S/c1-14(2,3)13-16-9-11(20(4,18)19)12(17-13)10-6-5-7-15-8-10/h9-10,15H,5-8H2,1-4H3/t10-/m0/s1. The smallest absolute Gasteiger partial charge is 0.178 e. The molecule has 1 aromatic rings. The highest BCUT2D eigenvalue weighted by atomic mass is 32.2. The summed E-state index contributed by atoms with van der Waals surface area (Å²) in [6.45, 7) is 7.87. The normalized spacial score (nSPS) is 20.9. The number of nitrogens with one attached hydrogen (secondary N) is 1. The molecule has 1 atom stereocenters. The van der Waals surface area contributed by atoms with Gasteiger partial charge in [0.25, 0.3) is 0 Å². The van der Waals surface area contributed by atoms with E-state index < -0.39 is 9.84 Å². The first-order valence-corrected chi connectivity index (χ1v) is 8.87.